The van der Waals surface area contributed by atoms with Crippen molar-refractivity contribution in [2.24, 2.45) is 5.92 Å². The number of nitrogens with zero attached hydrogens (tertiary/aromatic N) is 1. The third-order valence-electron chi connectivity index (χ3n) is 6.04. The number of hydrogen-bond acceptors (Lipinski definition) is 3. The number of rotatable bonds is 4. The van der Waals surface area contributed by atoms with Crippen LogP contribution in [0, 0.1) is 5.92 Å². The molecule has 2 aromatic carbocycles. The van der Waals surface area contributed by atoms with Gasteiger partial charge in [0, 0.05) is 37.6 Å². The molecule has 0 amide bonds. The number of aromatic nitrogens is 1. The molecule has 4 nitrogen and oxygen atoms in total. The van der Waals surface area contributed by atoms with E-state index >= 15 is 0 Å². The fourth-order valence-corrected chi connectivity index (χ4v) is 4.48. The number of benzene rings is 2. The number of para-hydroxylation sites is 1. The Labute approximate surface area is 174 Å². The molecule has 0 saturated heterocycles. The van der Waals surface area contributed by atoms with E-state index < -0.39 is 0 Å². The summed E-state index contributed by atoms with van der Waals surface area (Å²) in [5, 5.41) is 1.16. The number of carbonyl (C=O) groups is 1. The zero-order chi connectivity index (χ0) is 21.1. The zero-order valence-corrected chi connectivity index (χ0v) is 17.2. The number of ether oxygens (including phenoxy) is 1. The lowest BCUT2D eigenvalue weighted by Gasteiger charge is -2.27. The normalized spacial score (nSPS) is 23.5. The van der Waals surface area contributed by atoms with E-state index in [1.165, 1.54) is 18.2 Å². The molecule has 1 N–H and O–H groups in total. The van der Waals surface area contributed by atoms with Crippen LogP contribution < -0.4 is 0 Å². The molecule has 0 spiro atoms. The summed E-state index contributed by atoms with van der Waals surface area (Å²) in [4.78, 5) is 18.6. The van der Waals surface area contributed by atoms with Crippen LogP contribution in [-0.4, -0.2) is 36.0 Å². The van der Waals surface area contributed by atoms with Crippen LogP contribution in [0.1, 0.15) is 43.9 Å². The fraction of sp³-hybridized carbons (Fsp3) is 0.400. The van der Waals surface area contributed by atoms with Crippen molar-refractivity contribution in [2.75, 3.05) is 20.2 Å². The lowest BCUT2D eigenvalue weighted by atomic mass is 9.88. The topological polar surface area (TPSA) is 45.3 Å². The van der Waals surface area contributed by atoms with Crippen LogP contribution in [0.3, 0.4) is 0 Å². The van der Waals surface area contributed by atoms with Gasteiger partial charge in [-0.25, -0.2) is 0 Å². The summed E-state index contributed by atoms with van der Waals surface area (Å²) in [6.07, 6.45) is 2.26. The highest BCUT2D eigenvalue weighted by atomic mass is 16.5. The number of carbonyl (C=O) groups excluding carboxylic acids is 1. The minimum Gasteiger partial charge on any atom is -0.469 e. The second kappa shape index (κ2) is 8.83. The van der Waals surface area contributed by atoms with Crippen molar-refractivity contribution in [3.05, 3.63) is 71.4 Å². The van der Waals surface area contributed by atoms with E-state index in [2.05, 4.69) is 41.1 Å². The summed E-state index contributed by atoms with van der Waals surface area (Å²) in [7, 11) is 1.46. The van der Waals surface area contributed by atoms with Crippen LogP contribution in [0.2, 0.25) is 0 Å². The summed E-state index contributed by atoms with van der Waals surface area (Å²) in [5.41, 5.74) is 4.42. The Morgan fingerprint density at radius 1 is 1.21 bits per heavy atom. The monoisotopic (exact) mass is 391 g/mol. The highest BCUT2D eigenvalue weighted by Crippen LogP contribution is 2.35. The third-order valence-corrected chi connectivity index (χ3v) is 6.04. The van der Waals surface area contributed by atoms with E-state index in [0.717, 1.165) is 42.5 Å². The van der Waals surface area contributed by atoms with Gasteiger partial charge in [0.25, 0.3) is 0 Å². The van der Waals surface area contributed by atoms with Crippen molar-refractivity contribution in [3.8, 4) is 0 Å². The first kappa shape index (κ1) is 18.4. The predicted molar refractivity (Wildman–Crippen MR) is 117 cm³/mol. The average Bonchev–Trinajstić information content (AvgIpc) is 3.16. The summed E-state index contributed by atoms with van der Waals surface area (Å²) < 4.78 is 14.2. The molecule has 0 bridgehead atoms. The Morgan fingerprint density at radius 2 is 1.97 bits per heavy atom. The molecule has 1 aromatic heterocycles. The van der Waals surface area contributed by atoms with Crippen LogP contribution in [0.15, 0.2) is 54.6 Å². The summed E-state index contributed by atoms with van der Waals surface area (Å²) >= 11 is 0. The Morgan fingerprint density at radius 3 is 2.72 bits per heavy atom. The molecule has 29 heavy (non-hydrogen) atoms. The number of fused-ring (bicyclic) bond motifs is 3. The minimum absolute atomic E-state index is 0.0789. The first-order valence-corrected chi connectivity index (χ1v) is 10.5. The van der Waals surface area contributed by atoms with Gasteiger partial charge in [-0.1, -0.05) is 61.9 Å². The molecule has 152 valence electrons. The summed E-state index contributed by atoms with van der Waals surface area (Å²) in [5.74, 6) is -0.507. The molecule has 4 heteroatoms. The fourth-order valence-electron chi connectivity index (χ4n) is 4.48. The Bertz CT molecular complexity index is 1000. The van der Waals surface area contributed by atoms with Gasteiger partial charge in [0.05, 0.1) is 13.0 Å². The first-order valence-electron chi connectivity index (χ1n) is 11.1. The van der Waals surface area contributed by atoms with Crippen molar-refractivity contribution < 1.29 is 10.9 Å². The van der Waals surface area contributed by atoms with Crippen molar-refractivity contribution >= 4 is 16.9 Å². The van der Waals surface area contributed by atoms with Gasteiger partial charge in [0.2, 0.25) is 0 Å². The molecule has 1 aliphatic heterocycles. The Hall–Kier alpha value is -2.59. The van der Waals surface area contributed by atoms with Gasteiger partial charge in [-0.2, -0.15) is 0 Å². The van der Waals surface area contributed by atoms with Gasteiger partial charge in [-0.3, -0.25) is 9.69 Å². The molecule has 0 saturated carbocycles. The van der Waals surface area contributed by atoms with Gasteiger partial charge < -0.3 is 9.72 Å². The van der Waals surface area contributed by atoms with E-state index in [-0.39, 0.29) is 24.3 Å². The van der Waals surface area contributed by atoms with E-state index in [4.69, 9.17) is 6.11 Å². The van der Waals surface area contributed by atoms with E-state index in [1.54, 1.807) is 0 Å². The average molecular weight is 392 g/mol. The molecule has 1 unspecified atom stereocenters. The zero-order valence-electron chi connectivity index (χ0n) is 18.2. The van der Waals surface area contributed by atoms with Crippen molar-refractivity contribution in [3.63, 3.8) is 0 Å². The largest absolute Gasteiger partial charge is 0.469 e. The van der Waals surface area contributed by atoms with Gasteiger partial charge in [-0.05, 0) is 36.0 Å². The van der Waals surface area contributed by atoms with Crippen LogP contribution in [-0.2, 0) is 22.5 Å². The van der Waals surface area contributed by atoms with Crippen molar-refractivity contribution in [1.82, 2.24) is 9.88 Å². The molecule has 4 rings (SSSR count). The van der Waals surface area contributed by atoms with Crippen LogP contribution in [0.4, 0.5) is 0 Å². The van der Waals surface area contributed by atoms with Crippen molar-refractivity contribution in [1.29, 1.82) is 0 Å². The third kappa shape index (κ3) is 4.23. The van der Waals surface area contributed by atoms with E-state index in [9.17, 15) is 4.79 Å². The van der Waals surface area contributed by atoms with Crippen LogP contribution in [0.5, 0.6) is 0 Å². The Kier molecular flexibility index (Phi) is 5.61. The number of aromatic amines is 1. The number of H-pyrrole nitrogens is 1. The lowest BCUT2D eigenvalue weighted by molar-refractivity contribution is -0.143. The minimum atomic E-state index is -0.369. The number of esters is 1. The molecular weight excluding hydrogens is 360 g/mol. The predicted octanol–water partition coefficient (Wildman–Crippen LogP) is 4.90. The molecule has 2 heterocycles. The van der Waals surface area contributed by atoms with Crippen molar-refractivity contribution in [2.45, 2.75) is 38.6 Å². The van der Waals surface area contributed by atoms with Gasteiger partial charge >= 0.3 is 5.97 Å². The highest BCUT2D eigenvalue weighted by Gasteiger charge is 2.31. The molecule has 0 fully saturated rings. The molecule has 3 atom stereocenters. The maximum Gasteiger partial charge on any atom is 0.314 e. The number of hydrogen-bond donors (Lipinski definition) is 1. The second-order valence-electron chi connectivity index (χ2n) is 7.90. The highest BCUT2D eigenvalue weighted by molar-refractivity contribution is 5.88. The Balaban J connectivity index is 1.76. The maximum atomic E-state index is 12.8. The number of nitrogens with one attached hydrogen (secondary N) is 1. The van der Waals surface area contributed by atoms with Crippen LogP contribution in [0.25, 0.3) is 10.9 Å². The van der Waals surface area contributed by atoms with E-state index in [1.807, 2.05) is 30.3 Å². The quantitative estimate of drug-likeness (QED) is 0.644. The van der Waals surface area contributed by atoms with E-state index in [0.29, 0.717) is 6.42 Å². The van der Waals surface area contributed by atoms with Gasteiger partial charge in [-0.15, -0.1) is 0 Å². The molecule has 0 aliphatic carbocycles. The van der Waals surface area contributed by atoms with Gasteiger partial charge in [0.1, 0.15) is 0 Å². The number of methoxy groups -OCH3 is 1. The first-order chi connectivity index (χ1) is 14.6. The summed E-state index contributed by atoms with van der Waals surface area (Å²) in [6.45, 7) is 3.28. The second-order valence-corrected chi connectivity index (χ2v) is 7.90. The SMILES string of the molecule is [2H]C1[C@H](CC)C[C@H](C(=O)OC)c2[nH]c3ccccc3c2CCN1Cc1ccccc1. The summed E-state index contributed by atoms with van der Waals surface area (Å²) in [6, 6.07) is 18.6. The van der Waals surface area contributed by atoms with Gasteiger partial charge in [0.15, 0.2) is 0 Å². The molecule has 1 aliphatic rings. The smallest absolute Gasteiger partial charge is 0.314 e. The standard InChI is InChI=1S/C25H30N2O2/c1-3-18-15-22(25(28)29-2)24-21(20-11-7-8-12-23(20)26-24)13-14-27(16-18)17-19-9-5-4-6-10-19/h4-12,18,22,26H,3,13-17H2,1-2H3/t18-,22+/m1/s1/i16D/t16?,18-,22+. The molecule has 3 aromatic rings. The molecular formula is C25H30N2O2. The maximum absolute atomic E-state index is 12.8. The lowest BCUT2D eigenvalue weighted by Crippen LogP contribution is -2.31. The molecule has 0 radical (unpaired) electrons. The van der Waals surface area contributed by atoms with Crippen LogP contribution >= 0.6 is 0 Å².